The summed E-state index contributed by atoms with van der Waals surface area (Å²) < 4.78 is 24.0. The highest BCUT2D eigenvalue weighted by Crippen LogP contribution is 2.33. The Balaban J connectivity index is 1.59. The van der Waals surface area contributed by atoms with Gasteiger partial charge >= 0.3 is 6.03 Å². The molecule has 2 aromatic rings. The van der Waals surface area contributed by atoms with Gasteiger partial charge in [-0.3, -0.25) is 5.32 Å². The molecule has 31 heavy (non-hydrogen) atoms. The van der Waals surface area contributed by atoms with E-state index in [4.69, 9.17) is 9.47 Å². The van der Waals surface area contributed by atoms with Crippen molar-refractivity contribution in [2.24, 2.45) is 0 Å². The van der Waals surface area contributed by atoms with Gasteiger partial charge in [-0.15, -0.1) is 0 Å². The number of urea groups is 1. The first-order chi connectivity index (χ1) is 15.0. The fourth-order valence-corrected chi connectivity index (χ4v) is 3.91. The van der Waals surface area contributed by atoms with E-state index >= 15 is 0 Å². The zero-order valence-electron chi connectivity index (χ0n) is 18.3. The molecule has 0 atom stereocenters. The number of amides is 2. The molecule has 0 bridgehead atoms. The lowest BCUT2D eigenvalue weighted by molar-refractivity contribution is 0.190. The van der Waals surface area contributed by atoms with Gasteiger partial charge < -0.3 is 20.1 Å². The molecule has 1 aliphatic carbocycles. The van der Waals surface area contributed by atoms with Crippen LogP contribution in [-0.2, 0) is 4.74 Å². The van der Waals surface area contributed by atoms with Crippen LogP contribution in [0.3, 0.4) is 0 Å². The highest BCUT2D eigenvalue weighted by Gasteiger charge is 2.22. The average molecular weight is 431 g/mol. The normalized spacial score (nSPS) is 18.5. The fourth-order valence-electron chi connectivity index (χ4n) is 3.91. The number of hydrogen-bond acceptors (Lipinski definition) is 5. The van der Waals surface area contributed by atoms with Crippen LogP contribution in [0.25, 0.3) is 11.1 Å². The lowest BCUT2D eigenvalue weighted by atomic mass is 9.91. The van der Waals surface area contributed by atoms with E-state index in [1.165, 1.54) is 19.2 Å². The third-order valence-corrected chi connectivity index (χ3v) is 5.60. The van der Waals surface area contributed by atoms with Crippen molar-refractivity contribution in [3.63, 3.8) is 0 Å². The van der Waals surface area contributed by atoms with Crippen LogP contribution in [0.2, 0.25) is 0 Å². The molecule has 0 radical (unpaired) electrons. The van der Waals surface area contributed by atoms with Crippen LogP contribution >= 0.6 is 0 Å². The van der Waals surface area contributed by atoms with Crippen LogP contribution in [0.15, 0.2) is 30.5 Å². The van der Waals surface area contributed by atoms with Crippen LogP contribution < -0.4 is 20.7 Å². The SMILES string of the molecule is COCCNC1CCC(NC(=O)Nc2cc(-c3ccc(F)cc3OC)c(C)cn2)CC1. The molecule has 168 valence electrons. The number of rotatable bonds is 8. The van der Waals surface area contributed by atoms with E-state index in [1.54, 1.807) is 25.4 Å². The second-order valence-corrected chi connectivity index (χ2v) is 7.82. The Morgan fingerprint density at radius 1 is 1.13 bits per heavy atom. The third-order valence-electron chi connectivity index (χ3n) is 5.60. The van der Waals surface area contributed by atoms with E-state index in [2.05, 4.69) is 20.9 Å². The molecule has 0 saturated heterocycles. The maximum atomic E-state index is 13.6. The number of aromatic nitrogens is 1. The van der Waals surface area contributed by atoms with Gasteiger partial charge in [0.25, 0.3) is 0 Å². The summed E-state index contributed by atoms with van der Waals surface area (Å²) in [7, 11) is 3.20. The summed E-state index contributed by atoms with van der Waals surface area (Å²) in [4.78, 5) is 16.8. The number of aryl methyl sites for hydroxylation is 1. The molecule has 0 aliphatic heterocycles. The molecule has 1 aromatic heterocycles. The number of carbonyl (C=O) groups is 1. The number of nitrogens with one attached hydrogen (secondary N) is 3. The van der Waals surface area contributed by atoms with Gasteiger partial charge in [-0.05, 0) is 61.9 Å². The zero-order valence-corrected chi connectivity index (χ0v) is 18.3. The number of carbonyl (C=O) groups excluding carboxylic acids is 1. The quantitative estimate of drug-likeness (QED) is 0.554. The molecule has 1 aromatic carbocycles. The standard InChI is InChI=1S/C23H31FN4O3/c1-15-14-26-22(13-20(15)19-9-4-16(24)12-21(19)31-3)28-23(29)27-18-7-5-17(6-8-18)25-10-11-30-2/h4,9,12-14,17-18,25H,5-8,10-11H2,1-3H3,(H2,26,27,28,29). The average Bonchev–Trinajstić information content (AvgIpc) is 2.76. The van der Waals surface area contributed by atoms with Crippen molar-refractivity contribution < 1.29 is 18.7 Å². The molecule has 1 aliphatic rings. The molecule has 2 amide bonds. The lowest BCUT2D eigenvalue weighted by Crippen LogP contribution is -2.44. The van der Waals surface area contributed by atoms with Crippen molar-refractivity contribution in [2.75, 3.05) is 32.7 Å². The molecule has 1 fully saturated rings. The summed E-state index contributed by atoms with van der Waals surface area (Å²) >= 11 is 0. The molecule has 8 heteroatoms. The Morgan fingerprint density at radius 3 is 2.58 bits per heavy atom. The summed E-state index contributed by atoms with van der Waals surface area (Å²) in [6.45, 7) is 3.46. The van der Waals surface area contributed by atoms with E-state index in [-0.39, 0.29) is 17.9 Å². The molecule has 7 nitrogen and oxygen atoms in total. The Kier molecular flexibility index (Phi) is 8.20. The second kappa shape index (κ2) is 11.1. The van der Waals surface area contributed by atoms with Gasteiger partial charge in [0.1, 0.15) is 17.4 Å². The highest BCUT2D eigenvalue weighted by molar-refractivity contribution is 5.89. The number of methoxy groups -OCH3 is 2. The predicted octanol–water partition coefficient (Wildman–Crippen LogP) is 3.87. The Hall–Kier alpha value is -2.71. The van der Waals surface area contributed by atoms with Gasteiger partial charge in [0.05, 0.1) is 13.7 Å². The van der Waals surface area contributed by atoms with E-state index in [9.17, 15) is 9.18 Å². The number of ether oxygens (including phenoxy) is 2. The smallest absolute Gasteiger partial charge is 0.320 e. The molecule has 1 heterocycles. The minimum absolute atomic E-state index is 0.141. The summed E-state index contributed by atoms with van der Waals surface area (Å²) in [6.07, 6.45) is 5.58. The van der Waals surface area contributed by atoms with Gasteiger partial charge in [0.15, 0.2) is 0 Å². The molecular formula is C23H31FN4O3. The van der Waals surface area contributed by atoms with Crippen LogP contribution in [-0.4, -0.2) is 50.5 Å². The number of pyridine rings is 1. The summed E-state index contributed by atoms with van der Waals surface area (Å²) in [6, 6.07) is 6.52. The molecule has 0 spiro atoms. The summed E-state index contributed by atoms with van der Waals surface area (Å²) in [5, 5.41) is 9.34. The van der Waals surface area contributed by atoms with Crippen molar-refractivity contribution >= 4 is 11.8 Å². The minimum Gasteiger partial charge on any atom is -0.496 e. The largest absolute Gasteiger partial charge is 0.496 e. The number of halogens is 1. The molecule has 0 unspecified atom stereocenters. The second-order valence-electron chi connectivity index (χ2n) is 7.82. The first-order valence-corrected chi connectivity index (χ1v) is 10.6. The van der Waals surface area contributed by atoms with Gasteiger partial charge in [-0.25, -0.2) is 14.2 Å². The minimum atomic E-state index is -0.367. The number of hydrogen-bond donors (Lipinski definition) is 3. The maximum absolute atomic E-state index is 13.6. The lowest BCUT2D eigenvalue weighted by Gasteiger charge is -2.29. The number of nitrogens with zero attached hydrogens (tertiary/aromatic N) is 1. The topological polar surface area (TPSA) is 84.5 Å². The summed E-state index contributed by atoms with van der Waals surface area (Å²) in [5.74, 6) is 0.494. The van der Waals surface area contributed by atoms with Crippen LogP contribution in [0, 0.1) is 12.7 Å². The first-order valence-electron chi connectivity index (χ1n) is 10.6. The van der Waals surface area contributed by atoms with E-state index in [0.717, 1.165) is 48.9 Å². The van der Waals surface area contributed by atoms with Crippen LogP contribution in [0.4, 0.5) is 15.0 Å². The Bertz CT molecular complexity index is 885. The van der Waals surface area contributed by atoms with Crippen molar-refractivity contribution in [1.29, 1.82) is 0 Å². The summed E-state index contributed by atoms with van der Waals surface area (Å²) in [5.41, 5.74) is 2.46. The number of anilines is 1. The maximum Gasteiger partial charge on any atom is 0.320 e. The van der Waals surface area contributed by atoms with Crippen LogP contribution in [0.5, 0.6) is 5.75 Å². The van der Waals surface area contributed by atoms with Gasteiger partial charge in [-0.2, -0.15) is 0 Å². The third kappa shape index (κ3) is 6.38. The van der Waals surface area contributed by atoms with E-state index in [0.29, 0.717) is 24.2 Å². The zero-order chi connectivity index (χ0) is 22.2. The van der Waals surface area contributed by atoms with E-state index in [1.807, 2.05) is 6.92 Å². The van der Waals surface area contributed by atoms with Gasteiger partial charge in [-0.1, -0.05) is 0 Å². The predicted molar refractivity (Wildman–Crippen MR) is 119 cm³/mol. The molecule has 3 N–H and O–H groups in total. The van der Waals surface area contributed by atoms with Crippen molar-refractivity contribution in [3.8, 4) is 16.9 Å². The van der Waals surface area contributed by atoms with Crippen LogP contribution in [0.1, 0.15) is 31.2 Å². The van der Waals surface area contributed by atoms with Crippen molar-refractivity contribution in [2.45, 2.75) is 44.7 Å². The Morgan fingerprint density at radius 2 is 1.87 bits per heavy atom. The fraction of sp³-hybridized carbons (Fsp3) is 0.478. The number of benzene rings is 1. The molecular weight excluding hydrogens is 399 g/mol. The van der Waals surface area contributed by atoms with E-state index < -0.39 is 0 Å². The van der Waals surface area contributed by atoms with Crippen molar-refractivity contribution in [3.05, 3.63) is 41.8 Å². The van der Waals surface area contributed by atoms with Gasteiger partial charge in [0.2, 0.25) is 0 Å². The Labute approximate surface area is 182 Å². The molecule has 1 saturated carbocycles. The highest BCUT2D eigenvalue weighted by atomic mass is 19.1. The van der Waals surface area contributed by atoms with Crippen molar-refractivity contribution in [1.82, 2.24) is 15.6 Å². The molecule has 3 rings (SSSR count). The van der Waals surface area contributed by atoms with Gasteiger partial charge in [0, 0.05) is 43.6 Å². The first kappa shape index (κ1) is 23.0. The monoisotopic (exact) mass is 430 g/mol.